The Hall–Kier alpha value is -0.500. The van der Waals surface area contributed by atoms with Crippen LogP contribution >= 0.6 is 7.82 Å². The van der Waals surface area contributed by atoms with E-state index in [0.717, 1.165) is 32.1 Å². The first-order chi connectivity index (χ1) is 27.1. The van der Waals surface area contributed by atoms with Crippen LogP contribution < -0.4 is 4.89 Å². The molecule has 0 saturated carbocycles. The molecular formula is C47H96NO7P. The zero-order valence-corrected chi connectivity index (χ0v) is 39.0. The Labute approximate surface area is 348 Å². The highest BCUT2D eigenvalue weighted by molar-refractivity contribution is 7.45. The Morgan fingerprint density at radius 2 is 0.821 bits per heavy atom. The maximum Gasteiger partial charge on any atom is 0.306 e. The first kappa shape index (κ1) is 55.5. The average molecular weight is 818 g/mol. The molecule has 56 heavy (non-hydrogen) atoms. The van der Waals surface area contributed by atoms with Crippen molar-refractivity contribution in [1.29, 1.82) is 0 Å². The molecule has 0 rings (SSSR count). The smallest absolute Gasteiger partial charge is 0.306 e. The normalized spacial score (nSPS) is 13.6. The monoisotopic (exact) mass is 818 g/mol. The van der Waals surface area contributed by atoms with E-state index in [1.807, 2.05) is 21.1 Å². The number of unbranched alkanes of at least 4 members (excludes halogenated alkanes) is 32. The number of phosphoric ester groups is 1. The van der Waals surface area contributed by atoms with Crippen molar-refractivity contribution in [1.82, 2.24) is 0 Å². The number of esters is 1. The topological polar surface area (TPSA) is 94.1 Å². The fourth-order valence-corrected chi connectivity index (χ4v) is 7.87. The molecule has 0 fully saturated rings. The molecular weight excluding hydrogens is 721 g/mol. The maximum atomic E-state index is 12.7. The van der Waals surface area contributed by atoms with Crippen LogP contribution in [0.4, 0.5) is 0 Å². The molecule has 0 aliphatic rings. The zero-order chi connectivity index (χ0) is 41.3. The minimum Gasteiger partial charge on any atom is -0.756 e. The Balaban J connectivity index is 4.09. The fraction of sp³-hybridized carbons (Fsp3) is 0.979. The van der Waals surface area contributed by atoms with Crippen molar-refractivity contribution >= 4 is 13.8 Å². The molecule has 0 radical (unpaired) electrons. The minimum atomic E-state index is -4.52. The average Bonchev–Trinajstić information content (AvgIpc) is 3.15. The van der Waals surface area contributed by atoms with Gasteiger partial charge in [0.15, 0.2) is 0 Å². The molecule has 336 valence electrons. The number of likely N-dealkylation sites (N-methyl/N-ethyl adjacent to an activating group) is 1. The molecule has 0 saturated heterocycles. The van der Waals surface area contributed by atoms with Crippen LogP contribution in [0.1, 0.15) is 239 Å². The van der Waals surface area contributed by atoms with Gasteiger partial charge in [0, 0.05) is 13.0 Å². The largest absolute Gasteiger partial charge is 0.756 e. The Morgan fingerprint density at radius 3 is 1.18 bits per heavy atom. The van der Waals surface area contributed by atoms with Crippen molar-refractivity contribution in [3.63, 3.8) is 0 Å². The summed E-state index contributed by atoms with van der Waals surface area (Å²) in [6, 6.07) is 0. The number of ether oxygens (including phenoxy) is 2. The van der Waals surface area contributed by atoms with Crippen LogP contribution in [0.3, 0.4) is 0 Å². The van der Waals surface area contributed by atoms with E-state index in [1.165, 1.54) is 186 Å². The summed E-state index contributed by atoms with van der Waals surface area (Å²) in [7, 11) is 1.38. The molecule has 2 unspecified atom stereocenters. The van der Waals surface area contributed by atoms with Gasteiger partial charge in [0.25, 0.3) is 7.82 Å². The van der Waals surface area contributed by atoms with Gasteiger partial charge in [-0.1, -0.05) is 219 Å². The van der Waals surface area contributed by atoms with E-state index in [-0.39, 0.29) is 25.8 Å². The molecule has 0 amide bonds. The molecule has 9 heteroatoms. The predicted octanol–water partition coefficient (Wildman–Crippen LogP) is 13.8. The number of carbonyl (C=O) groups is 1. The highest BCUT2D eigenvalue weighted by Gasteiger charge is 2.20. The predicted molar refractivity (Wildman–Crippen MR) is 236 cm³/mol. The lowest BCUT2D eigenvalue weighted by Gasteiger charge is -2.28. The van der Waals surface area contributed by atoms with Crippen molar-refractivity contribution in [2.45, 2.75) is 245 Å². The van der Waals surface area contributed by atoms with Gasteiger partial charge in [-0.05, 0) is 12.8 Å². The van der Waals surface area contributed by atoms with Crippen molar-refractivity contribution in [3.8, 4) is 0 Å². The third-order valence-corrected chi connectivity index (χ3v) is 11.9. The number of hydrogen-bond acceptors (Lipinski definition) is 7. The van der Waals surface area contributed by atoms with Crippen LogP contribution in [-0.2, 0) is 27.9 Å². The number of phosphoric acid groups is 1. The van der Waals surface area contributed by atoms with Crippen LogP contribution in [0, 0.1) is 0 Å². The van der Waals surface area contributed by atoms with Crippen LogP contribution in [-0.4, -0.2) is 70.7 Å². The van der Waals surface area contributed by atoms with E-state index in [1.54, 1.807) is 0 Å². The third kappa shape index (κ3) is 44.6. The quantitative estimate of drug-likeness (QED) is 0.0261. The van der Waals surface area contributed by atoms with Crippen molar-refractivity contribution in [2.75, 3.05) is 54.1 Å². The summed E-state index contributed by atoms with van der Waals surface area (Å²) in [4.78, 5) is 25.1. The third-order valence-electron chi connectivity index (χ3n) is 10.9. The van der Waals surface area contributed by atoms with Crippen LogP contribution in [0.5, 0.6) is 0 Å². The molecule has 0 aromatic rings. The van der Waals surface area contributed by atoms with E-state index in [9.17, 15) is 14.3 Å². The Bertz CT molecular complexity index is 868. The molecule has 2 atom stereocenters. The minimum absolute atomic E-state index is 0.0315. The van der Waals surface area contributed by atoms with Crippen LogP contribution in [0.15, 0.2) is 0 Å². The van der Waals surface area contributed by atoms with E-state index >= 15 is 0 Å². The van der Waals surface area contributed by atoms with Crippen molar-refractivity contribution in [3.05, 3.63) is 0 Å². The van der Waals surface area contributed by atoms with E-state index in [4.69, 9.17) is 18.5 Å². The number of hydrogen-bond donors (Lipinski definition) is 0. The van der Waals surface area contributed by atoms with E-state index < -0.39 is 13.9 Å². The van der Waals surface area contributed by atoms with Gasteiger partial charge < -0.3 is 27.9 Å². The summed E-state index contributed by atoms with van der Waals surface area (Å²) in [5, 5.41) is 0. The highest BCUT2D eigenvalue weighted by atomic mass is 31.2. The highest BCUT2D eigenvalue weighted by Crippen LogP contribution is 2.38. The van der Waals surface area contributed by atoms with Crippen LogP contribution in [0.25, 0.3) is 0 Å². The van der Waals surface area contributed by atoms with E-state index in [2.05, 4.69) is 13.8 Å². The number of carbonyl (C=O) groups excluding carboxylic acids is 1. The molecule has 0 aromatic carbocycles. The molecule has 0 aliphatic carbocycles. The lowest BCUT2D eigenvalue weighted by atomic mass is 10.0. The molecule has 0 aliphatic heterocycles. The first-order valence-electron chi connectivity index (χ1n) is 24.3. The summed E-state index contributed by atoms with van der Waals surface area (Å²) in [5.41, 5.74) is 0. The molecule has 0 aromatic heterocycles. The number of rotatable bonds is 46. The number of quaternary nitrogens is 1. The Kier molecular flexibility index (Phi) is 40.9. The molecule has 0 bridgehead atoms. The zero-order valence-electron chi connectivity index (χ0n) is 38.1. The van der Waals surface area contributed by atoms with Gasteiger partial charge in [-0.3, -0.25) is 9.36 Å². The second kappa shape index (κ2) is 41.2. The second-order valence-corrected chi connectivity index (χ2v) is 19.3. The number of nitrogens with zero attached hydrogens (tertiary/aromatic N) is 1. The van der Waals surface area contributed by atoms with Crippen LogP contribution in [0.2, 0.25) is 0 Å². The molecule has 0 N–H and O–H groups in total. The second-order valence-electron chi connectivity index (χ2n) is 17.8. The lowest BCUT2D eigenvalue weighted by molar-refractivity contribution is -0.870. The summed E-state index contributed by atoms with van der Waals surface area (Å²) >= 11 is 0. The first-order valence-corrected chi connectivity index (χ1v) is 25.7. The summed E-state index contributed by atoms with van der Waals surface area (Å²) in [5.74, 6) is -0.327. The summed E-state index contributed by atoms with van der Waals surface area (Å²) in [6.07, 6.45) is 44.0. The van der Waals surface area contributed by atoms with Crippen molar-refractivity contribution in [2.24, 2.45) is 0 Å². The fourth-order valence-electron chi connectivity index (χ4n) is 7.14. The van der Waals surface area contributed by atoms with Gasteiger partial charge in [0.1, 0.15) is 19.3 Å². The maximum absolute atomic E-state index is 12.7. The molecule has 0 heterocycles. The van der Waals surface area contributed by atoms with Gasteiger partial charge in [-0.2, -0.15) is 0 Å². The summed E-state index contributed by atoms with van der Waals surface area (Å²) in [6.45, 7) is 5.48. The SMILES string of the molecule is CCCCCCCCCCCCCCCCCCCCCCOCC(COP(=O)([O-])OCC[N+](C)(C)C)OC(=O)CCCCCCCCCCCCCCCC. The van der Waals surface area contributed by atoms with E-state index in [0.29, 0.717) is 24.1 Å². The standard InChI is InChI=1S/C47H96NO7P/c1-6-8-10-12-14-16-18-20-22-23-24-25-26-27-29-31-33-35-37-39-42-52-44-46(45-54-56(50,51)53-43-41-48(3,4)5)55-47(49)40-38-36-34-32-30-28-21-19-17-15-13-11-9-7-2/h46H,6-45H2,1-5H3. The van der Waals surface area contributed by atoms with Gasteiger partial charge in [0.05, 0.1) is 34.4 Å². The van der Waals surface area contributed by atoms with Gasteiger partial charge in [-0.15, -0.1) is 0 Å². The molecule has 8 nitrogen and oxygen atoms in total. The Morgan fingerprint density at radius 1 is 0.482 bits per heavy atom. The molecule has 0 spiro atoms. The van der Waals surface area contributed by atoms with Gasteiger partial charge in [0.2, 0.25) is 0 Å². The van der Waals surface area contributed by atoms with Gasteiger partial charge in [-0.25, -0.2) is 0 Å². The van der Waals surface area contributed by atoms with Crippen molar-refractivity contribution < 1.29 is 37.3 Å². The van der Waals surface area contributed by atoms with Gasteiger partial charge >= 0.3 is 5.97 Å². The lowest BCUT2D eigenvalue weighted by Crippen LogP contribution is -2.37. The summed E-state index contributed by atoms with van der Waals surface area (Å²) < 4.78 is 34.7.